The molecule has 0 rings (SSSR count). The molecule has 0 fully saturated rings. The van der Waals surface area contributed by atoms with E-state index < -0.39 is 39.2 Å². The number of carbonyl (C=O) groups excluding carboxylic acids is 3. The Labute approximate surface area is 186 Å². The van der Waals surface area contributed by atoms with Crippen LogP contribution in [0.4, 0.5) is 0 Å². The van der Waals surface area contributed by atoms with Gasteiger partial charge in [-0.25, -0.2) is 17.9 Å². The number of esters is 2. The number of hydrogen-bond donors (Lipinski definition) is 2. The van der Waals surface area contributed by atoms with Gasteiger partial charge in [0.25, 0.3) is 0 Å². The Hall–Kier alpha value is -1.94. The molecule has 0 aromatic carbocycles. The van der Waals surface area contributed by atoms with Crippen LogP contribution in [0.5, 0.6) is 0 Å². The second-order valence-electron chi connectivity index (χ2n) is 9.20. The normalized spacial score (nSPS) is 13.2. The predicted molar refractivity (Wildman–Crippen MR) is 118 cm³/mol. The first-order valence-corrected chi connectivity index (χ1v) is 12.0. The van der Waals surface area contributed by atoms with Gasteiger partial charge < -0.3 is 14.8 Å². The number of rotatable bonds is 13. The van der Waals surface area contributed by atoms with Crippen molar-refractivity contribution in [2.75, 3.05) is 6.54 Å². The first-order chi connectivity index (χ1) is 14.0. The summed E-state index contributed by atoms with van der Waals surface area (Å²) in [5.41, 5.74) is -1.37. The summed E-state index contributed by atoms with van der Waals surface area (Å²) in [4.78, 5) is 36.7. The molecule has 0 unspecified atom stereocenters. The lowest BCUT2D eigenvalue weighted by molar-refractivity contribution is -0.160. The highest BCUT2D eigenvalue weighted by atomic mass is 32.2. The third-order valence-corrected chi connectivity index (χ3v) is 4.73. The second-order valence-corrected chi connectivity index (χ2v) is 10.9. The molecule has 180 valence electrons. The van der Waals surface area contributed by atoms with Gasteiger partial charge in [-0.3, -0.25) is 9.59 Å². The SMILES string of the molecule is C=CS(=O)(=O)NCCCCCC(=O)N[C@@H](CCC(=O)OC(C)(C)C)C(=O)OC(C)(C)C. The van der Waals surface area contributed by atoms with Crippen LogP contribution in [0.2, 0.25) is 0 Å². The van der Waals surface area contributed by atoms with Crippen molar-refractivity contribution in [3.63, 3.8) is 0 Å². The predicted octanol–water partition coefficient (Wildman–Crippen LogP) is 2.56. The van der Waals surface area contributed by atoms with Gasteiger partial charge in [0.15, 0.2) is 0 Å². The number of nitrogens with one attached hydrogen (secondary N) is 2. The van der Waals surface area contributed by atoms with Crippen LogP contribution in [0.25, 0.3) is 0 Å². The van der Waals surface area contributed by atoms with Crippen molar-refractivity contribution >= 4 is 27.9 Å². The van der Waals surface area contributed by atoms with Gasteiger partial charge in [-0.1, -0.05) is 13.0 Å². The average Bonchev–Trinajstić information content (AvgIpc) is 2.58. The van der Waals surface area contributed by atoms with Crippen LogP contribution in [0, 0.1) is 0 Å². The van der Waals surface area contributed by atoms with Gasteiger partial charge in [0, 0.05) is 24.8 Å². The molecule has 0 radical (unpaired) electrons. The summed E-state index contributed by atoms with van der Waals surface area (Å²) in [5, 5.41) is 3.48. The smallest absolute Gasteiger partial charge is 0.329 e. The fourth-order valence-corrected chi connectivity index (χ4v) is 2.95. The van der Waals surface area contributed by atoms with Crippen LogP contribution in [-0.2, 0) is 33.9 Å². The van der Waals surface area contributed by atoms with Gasteiger partial charge in [0.2, 0.25) is 15.9 Å². The van der Waals surface area contributed by atoms with E-state index in [0.717, 1.165) is 5.41 Å². The summed E-state index contributed by atoms with van der Waals surface area (Å²) >= 11 is 0. The number of carbonyl (C=O) groups is 3. The minimum Gasteiger partial charge on any atom is -0.460 e. The molecular formula is C21H38N2O7S. The van der Waals surface area contributed by atoms with Crippen molar-refractivity contribution in [2.24, 2.45) is 0 Å². The van der Waals surface area contributed by atoms with E-state index in [-0.39, 0.29) is 31.7 Å². The second kappa shape index (κ2) is 12.8. The first kappa shape index (κ1) is 29.1. The Morgan fingerprint density at radius 1 is 0.935 bits per heavy atom. The molecule has 0 aliphatic heterocycles. The van der Waals surface area contributed by atoms with Gasteiger partial charge in [-0.05, 0) is 60.8 Å². The molecule has 10 heteroatoms. The summed E-state index contributed by atoms with van der Waals surface area (Å²) in [5.74, 6) is -1.41. The van der Waals surface area contributed by atoms with Crippen LogP contribution < -0.4 is 10.0 Å². The van der Waals surface area contributed by atoms with Crippen LogP contribution in [0.15, 0.2) is 12.0 Å². The van der Waals surface area contributed by atoms with E-state index in [0.29, 0.717) is 19.3 Å². The number of sulfonamides is 1. The Morgan fingerprint density at radius 2 is 1.52 bits per heavy atom. The molecule has 0 saturated heterocycles. The Balaban J connectivity index is 4.62. The van der Waals surface area contributed by atoms with E-state index in [1.54, 1.807) is 41.5 Å². The lowest BCUT2D eigenvalue weighted by Crippen LogP contribution is -2.44. The average molecular weight is 463 g/mol. The molecule has 0 spiro atoms. The van der Waals surface area contributed by atoms with Gasteiger partial charge in [-0.15, -0.1) is 0 Å². The molecule has 0 heterocycles. The van der Waals surface area contributed by atoms with Crippen molar-refractivity contribution in [1.29, 1.82) is 0 Å². The minimum absolute atomic E-state index is 0.0368. The van der Waals surface area contributed by atoms with E-state index in [1.807, 2.05) is 0 Å². The highest BCUT2D eigenvalue weighted by molar-refractivity contribution is 7.92. The summed E-state index contributed by atoms with van der Waals surface area (Å²) in [7, 11) is -3.44. The van der Waals surface area contributed by atoms with Gasteiger partial charge in [0.1, 0.15) is 17.2 Å². The molecule has 0 bridgehead atoms. The molecule has 31 heavy (non-hydrogen) atoms. The largest absolute Gasteiger partial charge is 0.460 e. The molecule has 1 amide bonds. The van der Waals surface area contributed by atoms with Crippen LogP contribution in [0.3, 0.4) is 0 Å². The third-order valence-electron chi connectivity index (χ3n) is 3.69. The molecule has 0 aromatic rings. The number of hydrogen-bond acceptors (Lipinski definition) is 7. The summed E-state index contributed by atoms with van der Waals surface area (Å²) in [6, 6.07) is -0.960. The van der Waals surface area contributed by atoms with E-state index in [1.165, 1.54) is 0 Å². The Morgan fingerprint density at radius 3 is 2.03 bits per heavy atom. The zero-order chi connectivity index (χ0) is 24.3. The summed E-state index contributed by atoms with van der Waals surface area (Å²) in [6.45, 7) is 13.9. The van der Waals surface area contributed by atoms with Gasteiger partial charge >= 0.3 is 11.9 Å². The van der Waals surface area contributed by atoms with Gasteiger partial charge in [0.05, 0.1) is 0 Å². The number of ether oxygens (including phenoxy) is 2. The van der Waals surface area contributed by atoms with E-state index in [9.17, 15) is 22.8 Å². The fourth-order valence-electron chi connectivity index (χ4n) is 2.40. The topological polar surface area (TPSA) is 128 Å². The highest BCUT2D eigenvalue weighted by Gasteiger charge is 2.28. The van der Waals surface area contributed by atoms with E-state index >= 15 is 0 Å². The van der Waals surface area contributed by atoms with E-state index in [4.69, 9.17) is 9.47 Å². The van der Waals surface area contributed by atoms with Crippen LogP contribution >= 0.6 is 0 Å². The van der Waals surface area contributed by atoms with Crippen LogP contribution in [-0.4, -0.2) is 50.1 Å². The highest BCUT2D eigenvalue weighted by Crippen LogP contribution is 2.14. The fraction of sp³-hybridized carbons (Fsp3) is 0.762. The summed E-state index contributed by atoms with van der Waals surface area (Å²) in [6.07, 6.45) is 1.91. The van der Waals surface area contributed by atoms with E-state index in [2.05, 4.69) is 16.6 Å². The standard InChI is InChI=1S/C21H38N2O7S/c1-8-31(27,28)22-15-11-9-10-12-17(24)23-16(19(26)30-21(5,6)7)13-14-18(25)29-20(2,3)4/h8,16,22H,1,9-15H2,2-7H3,(H,23,24)/t16-/m0/s1. The lowest BCUT2D eigenvalue weighted by Gasteiger charge is -2.25. The molecule has 2 N–H and O–H groups in total. The summed E-state index contributed by atoms with van der Waals surface area (Å²) < 4.78 is 35.4. The monoisotopic (exact) mass is 462 g/mol. The molecular weight excluding hydrogens is 424 g/mol. The van der Waals surface area contributed by atoms with Crippen molar-refractivity contribution in [3.8, 4) is 0 Å². The molecule has 9 nitrogen and oxygen atoms in total. The van der Waals surface area contributed by atoms with Gasteiger partial charge in [-0.2, -0.15) is 0 Å². The molecule has 1 atom stereocenters. The molecule has 0 aliphatic rings. The number of unbranched alkanes of at least 4 members (excludes halogenated alkanes) is 2. The first-order valence-electron chi connectivity index (χ1n) is 10.4. The maximum Gasteiger partial charge on any atom is 0.329 e. The van der Waals surface area contributed by atoms with Crippen LogP contribution in [0.1, 0.15) is 80.1 Å². The lowest BCUT2D eigenvalue weighted by atomic mass is 10.1. The third kappa shape index (κ3) is 16.4. The molecule has 0 saturated carbocycles. The maximum atomic E-state index is 12.5. The molecule has 0 aromatic heterocycles. The zero-order valence-corrected chi connectivity index (χ0v) is 20.4. The zero-order valence-electron chi connectivity index (χ0n) is 19.6. The van der Waals surface area contributed by atoms with Crippen molar-refractivity contribution in [1.82, 2.24) is 10.0 Å². The van der Waals surface area contributed by atoms with Crippen molar-refractivity contribution < 1.29 is 32.3 Å². The Bertz CT molecular complexity index is 719. The quantitative estimate of drug-likeness (QED) is 0.318. The van der Waals surface area contributed by atoms with Crippen molar-refractivity contribution in [2.45, 2.75) is 97.3 Å². The number of amides is 1. The van der Waals surface area contributed by atoms with Crippen molar-refractivity contribution in [3.05, 3.63) is 12.0 Å². The maximum absolute atomic E-state index is 12.5. The minimum atomic E-state index is -3.44. The Kier molecular flexibility index (Phi) is 12.0. The molecule has 0 aliphatic carbocycles.